The zero-order valence-electron chi connectivity index (χ0n) is 9.25. The highest BCUT2D eigenvalue weighted by Crippen LogP contribution is 2.08. The Hall–Kier alpha value is -1.09. The second-order valence-corrected chi connectivity index (χ2v) is 3.59. The Bertz CT molecular complexity index is 271. The number of rotatable bonds is 5. The van der Waals surface area contributed by atoms with Crippen molar-refractivity contribution >= 4 is 5.82 Å². The fourth-order valence-corrected chi connectivity index (χ4v) is 1.22. The van der Waals surface area contributed by atoms with Gasteiger partial charge in [0.05, 0.1) is 0 Å². The molecule has 0 aliphatic heterocycles. The molecule has 0 aliphatic carbocycles. The molecule has 1 aromatic rings. The Labute approximate surface area is 86.2 Å². The molecular weight excluding hydrogens is 174 g/mol. The van der Waals surface area contributed by atoms with Crippen LogP contribution in [0.4, 0.5) is 5.82 Å². The summed E-state index contributed by atoms with van der Waals surface area (Å²) < 4.78 is 0. The maximum atomic E-state index is 4.27. The van der Waals surface area contributed by atoms with E-state index in [1.54, 1.807) is 0 Å². The van der Waals surface area contributed by atoms with Gasteiger partial charge in [-0.2, -0.15) is 0 Å². The number of anilines is 1. The third-order valence-electron chi connectivity index (χ3n) is 2.02. The number of aromatic nitrogens is 1. The van der Waals surface area contributed by atoms with Crippen molar-refractivity contribution in [3.63, 3.8) is 0 Å². The van der Waals surface area contributed by atoms with E-state index in [9.17, 15) is 0 Å². The van der Waals surface area contributed by atoms with E-state index in [0.717, 1.165) is 18.9 Å². The molecule has 78 valence electrons. The summed E-state index contributed by atoms with van der Waals surface area (Å²) in [6.45, 7) is 4.17. The summed E-state index contributed by atoms with van der Waals surface area (Å²) in [6.07, 6.45) is 3.03. The lowest BCUT2D eigenvalue weighted by Gasteiger charge is -2.12. The standard InChI is InChI=1S/C11H19N3/c1-4-6-12-9-10-5-7-13-11(8-10)14(2)3/h5,7-8,12H,4,6,9H2,1-3H3. The lowest BCUT2D eigenvalue weighted by molar-refractivity contribution is 0.675. The van der Waals surface area contributed by atoms with Gasteiger partial charge in [0.15, 0.2) is 0 Å². The van der Waals surface area contributed by atoms with Gasteiger partial charge in [-0.15, -0.1) is 0 Å². The van der Waals surface area contributed by atoms with Gasteiger partial charge in [-0.1, -0.05) is 6.92 Å². The highest BCUT2D eigenvalue weighted by atomic mass is 15.1. The highest BCUT2D eigenvalue weighted by molar-refractivity contribution is 5.38. The van der Waals surface area contributed by atoms with Crippen molar-refractivity contribution in [3.8, 4) is 0 Å². The van der Waals surface area contributed by atoms with Crippen LogP contribution in [0.3, 0.4) is 0 Å². The lowest BCUT2D eigenvalue weighted by atomic mass is 10.2. The van der Waals surface area contributed by atoms with E-state index >= 15 is 0 Å². The monoisotopic (exact) mass is 193 g/mol. The van der Waals surface area contributed by atoms with Gasteiger partial charge >= 0.3 is 0 Å². The predicted octanol–water partition coefficient (Wildman–Crippen LogP) is 1.65. The average Bonchev–Trinajstić information content (AvgIpc) is 2.19. The van der Waals surface area contributed by atoms with Crippen LogP contribution in [0.5, 0.6) is 0 Å². The molecule has 0 aliphatic rings. The van der Waals surface area contributed by atoms with Gasteiger partial charge in [0, 0.05) is 26.8 Å². The zero-order valence-corrected chi connectivity index (χ0v) is 9.25. The van der Waals surface area contributed by atoms with Gasteiger partial charge < -0.3 is 10.2 Å². The Morgan fingerprint density at radius 1 is 1.43 bits per heavy atom. The normalized spacial score (nSPS) is 10.2. The molecular formula is C11H19N3. The molecule has 0 fully saturated rings. The predicted molar refractivity (Wildman–Crippen MR) is 60.6 cm³/mol. The van der Waals surface area contributed by atoms with Gasteiger partial charge in [0.2, 0.25) is 0 Å². The quantitative estimate of drug-likeness (QED) is 0.721. The van der Waals surface area contributed by atoms with Crippen LogP contribution in [-0.4, -0.2) is 25.6 Å². The van der Waals surface area contributed by atoms with Crippen LogP contribution in [0.25, 0.3) is 0 Å². The second kappa shape index (κ2) is 5.60. The van der Waals surface area contributed by atoms with Crippen molar-refractivity contribution in [3.05, 3.63) is 23.9 Å². The van der Waals surface area contributed by atoms with Crippen molar-refractivity contribution in [2.24, 2.45) is 0 Å². The molecule has 0 unspecified atom stereocenters. The number of hydrogen-bond acceptors (Lipinski definition) is 3. The maximum absolute atomic E-state index is 4.27. The first-order valence-electron chi connectivity index (χ1n) is 5.07. The van der Waals surface area contributed by atoms with Crippen molar-refractivity contribution in [1.29, 1.82) is 0 Å². The van der Waals surface area contributed by atoms with Crippen LogP contribution >= 0.6 is 0 Å². The van der Waals surface area contributed by atoms with Crippen LogP contribution in [0, 0.1) is 0 Å². The largest absolute Gasteiger partial charge is 0.363 e. The highest BCUT2D eigenvalue weighted by Gasteiger charge is 1.98. The molecule has 3 heteroatoms. The first kappa shape index (κ1) is 11.0. The van der Waals surface area contributed by atoms with Crippen LogP contribution < -0.4 is 10.2 Å². The molecule has 0 aromatic carbocycles. The minimum atomic E-state index is 0.928. The van der Waals surface area contributed by atoms with Crippen molar-refractivity contribution in [1.82, 2.24) is 10.3 Å². The summed E-state index contributed by atoms with van der Waals surface area (Å²) in [5, 5.41) is 3.37. The van der Waals surface area contributed by atoms with E-state index in [0.29, 0.717) is 0 Å². The maximum Gasteiger partial charge on any atom is 0.128 e. The van der Waals surface area contributed by atoms with Crippen LogP contribution in [0.15, 0.2) is 18.3 Å². The first-order chi connectivity index (χ1) is 6.74. The molecule has 0 atom stereocenters. The smallest absolute Gasteiger partial charge is 0.128 e. The summed E-state index contributed by atoms with van der Waals surface area (Å²) in [7, 11) is 4.01. The molecule has 3 nitrogen and oxygen atoms in total. The van der Waals surface area contributed by atoms with Gasteiger partial charge in [-0.05, 0) is 30.7 Å². The molecule has 1 aromatic heterocycles. The number of nitrogens with one attached hydrogen (secondary N) is 1. The Kier molecular flexibility index (Phi) is 4.40. The molecule has 1 N–H and O–H groups in total. The van der Waals surface area contributed by atoms with Crippen LogP contribution in [0.1, 0.15) is 18.9 Å². The third kappa shape index (κ3) is 3.34. The van der Waals surface area contributed by atoms with Crippen LogP contribution in [0.2, 0.25) is 0 Å². The van der Waals surface area contributed by atoms with E-state index in [-0.39, 0.29) is 0 Å². The molecule has 0 spiro atoms. The van der Waals surface area contributed by atoms with Crippen molar-refractivity contribution in [2.75, 3.05) is 25.5 Å². The van der Waals surface area contributed by atoms with Gasteiger partial charge in [0.1, 0.15) is 5.82 Å². The van der Waals surface area contributed by atoms with Gasteiger partial charge in [0.25, 0.3) is 0 Å². The molecule has 0 amide bonds. The summed E-state index contributed by atoms with van der Waals surface area (Å²) in [5.41, 5.74) is 1.29. The van der Waals surface area contributed by atoms with Crippen LogP contribution in [-0.2, 0) is 6.54 Å². The molecule has 14 heavy (non-hydrogen) atoms. The number of nitrogens with zero attached hydrogens (tertiary/aromatic N) is 2. The lowest BCUT2D eigenvalue weighted by Crippen LogP contribution is -2.15. The minimum Gasteiger partial charge on any atom is -0.363 e. The molecule has 0 radical (unpaired) electrons. The van der Waals surface area contributed by atoms with Gasteiger partial charge in [-0.3, -0.25) is 0 Å². The van der Waals surface area contributed by atoms with E-state index < -0.39 is 0 Å². The van der Waals surface area contributed by atoms with E-state index in [1.165, 1.54) is 12.0 Å². The summed E-state index contributed by atoms with van der Waals surface area (Å²) in [4.78, 5) is 6.28. The second-order valence-electron chi connectivity index (χ2n) is 3.59. The van der Waals surface area contributed by atoms with Crippen molar-refractivity contribution < 1.29 is 0 Å². The molecule has 0 bridgehead atoms. The first-order valence-corrected chi connectivity index (χ1v) is 5.07. The summed E-state index contributed by atoms with van der Waals surface area (Å²) >= 11 is 0. The summed E-state index contributed by atoms with van der Waals surface area (Å²) in [6, 6.07) is 4.16. The Balaban J connectivity index is 2.55. The van der Waals surface area contributed by atoms with Gasteiger partial charge in [-0.25, -0.2) is 4.98 Å². The topological polar surface area (TPSA) is 28.2 Å². The van der Waals surface area contributed by atoms with E-state index in [2.05, 4.69) is 29.4 Å². The molecule has 1 rings (SSSR count). The minimum absolute atomic E-state index is 0.928. The number of hydrogen-bond donors (Lipinski definition) is 1. The Morgan fingerprint density at radius 3 is 2.86 bits per heavy atom. The molecule has 1 heterocycles. The summed E-state index contributed by atoms with van der Waals surface area (Å²) in [5.74, 6) is 1.01. The Morgan fingerprint density at radius 2 is 2.21 bits per heavy atom. The van der Waals surface area contributed by atoms with E-state index in [4.69, 9.17) is 0 Å². The molecule has 0 saturated heterocycles. The molecule has 0 saturated carbocycles. The average molecular weight is 193 g/mol. The fraction of sp³-hybridized carbons (Fsp3) is 0.545. The zero-order chi connectivity index (χ0) is 10.4. The number of pyridine rings is 1. The SMILES string of the molecule is CCCNCc1ccnc(N(C)C)c1. The van der Waals surface area contributed by atoms with Crippen molar-refractivity contribution in [2.45, 2.75) is 19.9 Å². The van der Waals surface area contributed by atoms with E-state index in [1.807, 2.05) is 25.2 Å². The third-order valence-corrected chi connectivity index (χ3v) is 2.02. The fourth-order valence-electron chi connectivity index (χ4n) is 1.22.